The Labute approximate surface area is 209 Å². The molecule has 3 aromatic rings. The lowest BCUT2D eigenvalue weighted by molar-refractivity contribution is 0.227. The lowest BCUT2D eigenvalue weighted by Crippen LogP contribution is -2.67. The Kier molecular flexibility index (Phi) is 6.71. The van der Waals surface area contributed by atoms with E-state index in [0.717, 1.165) is 18.9 Å². The van der Waals surface area contributed by atoms with E-state index >= 15 is 0 Å². The molecule has 1 aromatic carbocycles. The van der Waals surface area contributed by atoms with E-state index < -0.39 is 6.10 Å². The maximum Gasteiger partial charge on any atom is 0.128 e. The highest BCUT2D eigenvalue weighted by Crippen LogP contribution is 2.35. The number of halogens is 2. The van der Waals surface area contributed by atoms with Crippen LogP contribution in [0.2, 0.25) is 10.0 Å². The van der Waals surface area contributed by atoms with Gasteiger partial charge in [-0.15, -0.1) is 0 Å². The van der Waals surface area contributed by atoms with Crippen molar-refractivity contribution in [1.29, 1.82) is 5.41 Å². The summed E-state index contributed by atoms with van der Waals surface area (Å²) in [5.74, 6) is 1.45. The summed E-state index contributed by atoms with van der Waals surface area (Å²) in [5.41, 5.74) is 9.67. The predicted octanol–water partition coefficient (Wildman–Crippen LogP) is 5.03. The van der Waals surface area contributed by atoms with E-state index in [1.54, 1.807) is 30.6 Å². The zero-order valence-corrected chi connectivity index (χ0v) is 21.1. The fraction of sp³-hybridized carbons (Fsp3) is 0.320. The van der Waals surface area contributed by atoms with Crippen LogP contribution in [0.4, 0.5) is 11.5 Å². The number of nitrogens with zero attached hydrogens (tertiary/aromatic N) is 3. The van der Waals surface area contributed by atoms with Crippen molar-refractivity contribution in [1.82, 2.24) is 15.3 Å². The number of hydrogen-bond donors (Lipinski definition) is 3. The Morgan fingerprint density at radius 3 is 2.59 bits per heavy atom. The van der Waals surface area contributed by atoms with Gasteiger partial charge >= 0.3 is 0 Å². The van der Waals surface area contributed by atoms with Crippen molar-refractivity contribution >= 4 is 40.4 Å². The SMILES string of the molecule is CNC1(C)CN(c2ccc(C(=N)c3cc(O[C@H](C)c4c(Cl)cnc(C)c4Cl)ccc3N)cn2)C1. The second kappa shape index (κ2) is 9.41. The molecule has 0 bridgehead atoms. The maximum atomic E-state index is 8.73. The summed E-state index contributed by atoms with van der Waals surface area (Å²) in [6.07, 6.45) is 2.85. The summed E-state index contributed by atoms with van der Waals surface area (Å²) in [6.45, 7) is 7.65. The van der Waals surface area contributed by atoms with Gasteiger partial charge in [0.2, 0.25) is 0 Å². The maximum absolute atomic E-state index is 8.73. The van der Waals surface area contributed by atoms with Gasteiger partial charge in [-0.2, -0.15) is 0 Å². The van der Waals surface area contributed by atoms with Gasteiger partial charge < -0.3 is 20.7 Å². The second-order valence-corrected chi connectivity index (χ2v) is 9.66. The zero-order valence-electron chi connectivity index (χ0n) is 19.6. The normalized spacial score (nSPS) is 15.5. The van der Waals surface area contributed by atoms with Crippen LogP contribution in [-0.2, 0) is 0 Å². The van der Waals surface area contributed by atoms with E-state index in [-0.39, 0.29) is 11.3 Å². The monoisotopic (exact) mass is 498 g/mol. The van der Waals surface area contributed by atoms with Crippen molar-refractivity contribution in [2.75, 3.05) is 30.8 Å². The molecule has 0 unspecified atom stereocenters. The van der Waals surface area contributed by atoms with Crippen LogP contribution in [-0.4, -0.2) is 41.4 Å². The molecule has 4 N–H and O–H groups in total. The fourth-order valence-corrected chi connectivity index (χ4v) is 4.68. The number of nitrogen functional groups attached to an aromatic ring is 1. The summed E-state index contributed by atoms with van der Waals surface area (Å²) in [7, 11) is 1.97. The first-order valence-electron chi connectivity index (χ1n) is 11.0. The molecule has 0 saturated carbocycles. The smallest absolute Gasteiger partial charge is 0.128 e. The molecule has 4 rings (SSSR count). The number of ether oxygens (including phenoxy) is 1. The summed E-state index contributed by atoms with van der Waals surface area (Å²) in [6, 6.07) is 9.09. The number of hydrogen-bond acceptors (Lipinski definition) is 7. The Hall–Kier alpha value is -2.87. The number of aryl methyl sites for hydroxylation is 1. The van der Waals surface area contributed by atoms with Crippen LogP contribution < -0.4 is 20.7 Å². The van der Waals surface area contributed by atoms with E-state index in [0.29, 0.717) is 43.9 Å². The van der Waals surface area contributed by atoms with Crippen LogP contribution >= 0.6 is 23.2 Å². The third-order valence-corrected chi connectivity index (χ3v) is 7.02. The summed E-state index contributed by atoms with van der Waals surface area (Å²) >= 11 is 12.8. The Morgan fingerprint density at radius 1 is 1.21 bits per heavy atom. The van der Waals surface area contributed by atoms with Crippen molar-refractivity contribution in [2.24, 2.45) is 0 Å². The largest absolute Gasteiger partial charge is 0.486 e. The summed E-state index contributed by atoms with van der Waals surface area (Å²) in [5, 5.41) is 13.0. The number of likely N-dealkylation sites (N-methyl/N-ethyl adjacent to an activating group) is 1. The molecule has 2 aromatic heterocycles. The van der Waals surface area contributed by atoms with Gasteiger partial charge in [0.25, 0.3) is 0 Å². The van der Waals surface area contributed by atoms with Crippen molar-refractivity contribution < 1.29 is 4.74 Å². The minimum atomic E-state index is -0.423. The lowest BCUT2D eigenvalue weighted by Gasteiger charge is -2.48. The quantitative estimate of drug-likeness (QED) is 0.312. The molecule has 1 atom stereocenters. The van der Waals surface area contributed by atoms with Gasteiger partial charge in [-0.05, 0) is 58.2 Å². The number of rotatable bonds is 7. The van der Waals surface area contributed by atoms with Crippen LogP contribution in [0.15, 0.2) is 42.7 Å². The molecule has 178 valence electrons. The number of aromatic nitrogens is 2. The second-order valence-electron chi connectivity index (χ2n) is 8.88. The van der Waals surface area contributed by atoms with Crippen molar-refractivity contribution in [3.63, 3.8) is 0 Å². The number of pyridine rings is 2. The Balaban J connectivity index is 1.52. The van der Waals surface area contributed by atoms with E-state index in [9.17, 15) is 0 Å². The topological polar surface area (TPSA) is 100 Å². The number of nitrogens with one attached hydrogen (secondary N) is 2. The van der Waals surface area contributed by atoms with Crippen molar-refractivity contribution in [3.05, 3.63) is 75.2 Å². The first-order valence-corrected chi connectivity index (χ1v) is 11.7. The number of nitrogens with two attached hydrogens (primary N) is 1. The van der Waals surface area contributed by atoms with Crippen LogP contribution in [0, 0.1) is 12.3 Å². The zero-order chi connectivity index (χ0) is 24.6. The number of anilines is 2. The van der Waals surface area contributed by atoms with Gasteiger partial charge in [-0.3, -0.25) is 10.4 Å². The molecule has 1 saturated heterocycles. The fourth-order valence-electron chi connectivity index (χ4n) is 4.03. The van der Waals surface area contributed by atoms with Crippen LogP contribution in [0.25, 0.3) is 0 Å². The van der Waals surface area contributed by atoms with Crippen LogP contribution in [0.3, 0.4) is 0 Å². The molecular formula is C25H28Cl2N6O. The molecule has 9 heteroatoms. The van der Waals surface area contributed by atoms with Gasteiger partial charge in [0.15, 0.2) is 0 Å². The first-order chi connectivity index (χ1) is 16.1. The molecule has 0 aliphatic carbocycles. The van der Waals surface area contributed by atoms with E-state index in [2.05, 4.69) is 27.1 Å². The highest BCUT2D eigenvalue weighted by atomic mass is 35.5. The molecule has 0 amide bonds. The molecule has 3 heterocycles. The average Bonchev–Trinajstić information content (AvgIpc) is 2.80. The Morgan fingerprint density at radius 2 is 1.94 bits per heavy atom. The molecule has 34 heavy (non-hydrogen) atoms. The highest BCUT2D eigenvalue weighted by Gasteiger charge is 2.37. The predicted molar refractivity (Wildman–Crippen MR) is 139 cm³/mol. The van der Waals surface area contributed by atoms with Gasteiger partial charge in [-0.1, -0.05) is 23.2 Å². The van der Waals surface area contributed by atoms with E-state index in [1.165, 1.54) is 0 Å². The third-order valence-electron chi connectivity index (χ3n) is 6.24. The summed E-state index contributed by atoms with van der Waals surface area (Å²) in [4.78, 5) is 10.9. The molecular weight excluding hydrogens is 471 g/mol. The van der Waals surface area contributed by atoms with Gasteiger partial charge in [0.05, 0.1) is 27.0 Å². The van der Waals surface area contributed by atoms with E-state index in [4.69, 9.17) is 39.1 Å². The van der Waals surface area contributed by atoms with Gasteiger partial charge in [0.1, 0.15) is 17.7 Å². The molecule has 1 fully saturated rings. The standard InChI is InChI=1S/C25H28Cl2N6O/c1-14-23(27)22(19(26)11-31-14)15(2)34-17-6-7-20(28)18(9-17)24(29)16-5-8-21(32-10-16)33-12-25(3,13-33)30-4/h5-11,15,29-30H,12-13,28H2,1-4H3/t15-/m1/s1. The van der Waals surface area contributed by atoms with E-state index in [1.807, 2.05) is 33.0 Å². The average molecular weight is 499 g/mol. The molecule has 1 aliphatic heterocycles. The summed E-state index contributed by atoms with van der Waals surface area (Å²) < 4.78 is 6.12. The molecule has 1 aliphatic rings. The number of benzene rings is 1. The lowest BCUT2D eigenvalue weighted by atomic mass is 9.92. The van der Waals surface area contributed by atoms with Crippen molar-refractivity contribution in [3.8, 4) is 5.75 Å². The van der Waals surface area contributed by atoms with Crippen LogP contribution in [0.1, 0.15) is 42.3 Å². The third kappa shape index (κ3) is 4.69. The minimum absolute atomic E-state index is 0.114. The van der Waals surface area contributed by atoms with Gasteiger partial charge in [0, 0.05) is 47.9 Å². The van der Waals surface area contributed by atoms with Crippen LogP contribution in [0.5, 0.6) is 5.75 Å². The minimum Gasteiger partial charge on any atom is -0.486 e. The highest BCUT2D eigenvalue weighted by molar-refractivity contribution is 6.36. The first kappa shape index (κ1) is 24.3. The van der Waals surface area contributed by atoms with Crippen molar-refractivity contribution in [2.45, 2.75) is 32.4 Å². The van der Waals surface area contributed by atoms with Gasteiger partial charge in [-0.25, -0.2) is 4.98 Å². The Bertz CT molecular complexity index is 1220. The molecule has 7 nitrogen and oxygen atoms in total. The molecule has 0 spiro atoms. The molecule has 0 radical (unpaired) electrons.